The number of rotatable bonds is 4. The molecular weight excluding hydrogens is 312 g/mol. The summed E-state index contributed by atoms with van der Waals surface area (Å²) in [6.07, 6.45) is 0. The average molecular weight is 324 g/mol. The molecule has 0 amide bonds. The molecule has 3 aromatic heterocycles. The Morgan fingerprint density at radius 3 is 2.77 bits per heavy atom. The number of hydrogen-bond acceptors (Lipinski definition) is 6. The monoisotopic (exact) mass is 324 g/mol. The Morgan fingerprint density at radius 2 is 1.95 bits per heavy atom. The Kier molecular flexibility index (Phi) is 3.54. The van der Waals surface area contributed by atoms with Crippen LogP contribution in [0, 0.1) is 0 Å². The summed E-state index contributed by atoms with van der Waals surface area (Å²) in [6.45, 7) is 0.660. The smallest absolute Gasteiger partial charge is 0.162 e. The highest BCUT2D eigenvalue weighted by Gasteiger charge is 2.09. The summed E-state index contributed by atoms with van der Waals surface area (Å²) in [6, 6.07) is 10.1. The maximum Gasteiger partial charge on any atom is 0.162 e. The summed E-state index contributed by atoms with van der Waals surface area (Å²) in [7, 11) is 0. The lowest BCUT2D eigenvalue weighted by Gasteiger charge is -2.09. The van der Waals surface area contributed by atoms with Gasteiger partial charge in [0.15, 0.2) is 5.82 Å². The summed E-state index contributed by atoms with van der Waals surface area (Å²) >= 11 is 3.25. The fraction of sp³-hybridized carbons (Fsp3) is 0.0625. The van der Waals surface area contributed by atoms with E-state index in [1.807, 2.05) is 46.6 Å². The zero-order chi connectivity index (χ0) is 14.8. The molecule has 0 spiro atoms. The van der Waals surface area contributed by atoms with Gasteiger partial charge < -0.3 is 5.32 Å². The van der Waals surface area contributed by atoms with Crippen LogP contribution in [-0.2, 0) is 6.54 Å². The Bertz CT molecular complexity index is 886. The average Bonchev–Trinajstić information content (AvgIpc) is 3.25. The predicted molar refractivity (Wildman–Crippen MR) is 92.3 cm³/mol. The molecule has 0 aliphatic rings. The lowest BCUT2D eigenvalue weighted by molar-refractivity contribution is 1.05. The molecule has 22 heavy (non-hydrogen) atoms. The van der Waals surface area contributed by atoms with E-state index in [-0.39, 0.29) is 0 Å². The standard InChI is InChI=1S/C16H12N4S2/c1-2-4-14-13(3-1)16(17-7-12-9-22-10-18-12)20-15(19-14)11-5-6-21-8-11/h1-6,8-10H,7H2,(H,17,19,20). The van der Waals surface area contributed by atoms with E-state index in [0.29, 0.717) is 6.54 Å². The van der Waals surface area contributed by atoms with Crippen molar-refractivity contribution in [2.45, 2.75) is 6.54 Å². The minimum absolute atomic E-state index is 0.660. The van der Waals surface area contributed by atoms with E-state index in [2.05, 4.69) is 20.7 Å². The number of nitrogens with zero attached hydrogens (tertiary/aromatic N) is 3. The highest BCUT2D eigenvalue weighted by molar-refractivity contribution is 7.08. The number of aromatic nitrogens is 3. The lowest BCUT2D eigenvalue weighted by Crippen LogP contribution is -2.04. The van der Waals surface area contributed by atoms with Gasteiger partial charge in [-0.1, -0.05) is 12.1 Å². The van der Waals surface area contributed by atoms with E-state index in [0.717, 1.165) is 33.8 Å². The minimum Gasteiger partial charge on any atom is -0.364 e. The van der Waals surface area contributed by atoms with E-state index >= 15 is 0 Å². The van der Waals surface area contributed by atoms with Crippen molar-refractivity contribution in [3.05, 3.63) is 57.7 Å². The fourth-order valence-corrected chi connectivity index (χ4v) is 3.42. The number of para-hydroxylation sites is 1. The molecule has 0 unspecified atom stereocenters. The second-order valence-corrected chi connectivity index (χ2v) is 6.26. The Labute approximate surface area is 135 Å². The number of hydrogen-bond donors (Lipinski definition) is 1. The van der Waals surface area contributed by atoms with Gasteiger partial charge in [-0.3, -0.25) is 0 Å². The predicted octanol–water partition coefficient (Wildman–Crippen LogP) is 4.43. The summed E-state index contributed by atoms with van der Waals surface area (Å²) in [5, 5.41) is 10.6. The molecule has 4 nitrogen and oxygen atoms in total. The number of benzene rings is 1. The molecule has 0 bridgehead atoms. The van der Waals surface area contributed by atoms with Crippen LogP contribution in [0.25, 0.3) is 22.3 Å². The number of nitrogens with one attached hydrogen (secondary N) is 1. The molecule has 0 atom stereocenters. The molecule has 1 aromatic carbocycles. The van der Waals surface area contributed by atoms with Gasteiger partial charge in [0.2, 0.25) is 0 Å². The normalized spacial score (nSPS) is 10.9. The first-order valence-electron chi connectivity index (χ1n) is 6.80. The third-order valence-electron chi connectivity index (χ3n) is 3.30. The van der Waals surface area contributed by atoms with Crippen LogP contribution < -0.4 is 5.32 Å². The second-order valence-electron chi connectivity index (χ2n) is 4.76. The largest absolute Gasteiger partial charge is 0.364 e. The molecule has 0 radical (unpaired) electrons. The number of fused-ring (bicyclic) bond motifs is 1. The third kappa shape index (κ3) is 2.58. The van der Waals surface area contributed by atoms with E-state index < -0.39 is 0 Å². The molecular formula is C16H12N4S2. The molecule has 0 saturated carbocycles. The minimum atomic E-state index is 0.660. The fourth-order valence-electron chi connectivity index (χ4n) is 2.23. The Balaban J connectivity index is 1.77. The van der Waals surface area contributed by atoms with Gasteiger partial charge in [0.25, 0.3) is 0 Å². The van der Waals surface area contributed by atoms with Gasteiger partial charge in [-0.05, 0) is 23.6 Å². The molecule has 0 aliphatic heterocycles. The number of thiophene rings is 1. The van der Waals surface area contributed by atoms with Crippen LogP contribution in [-0.4, -0.2) is 15.0 Å². The quantitative estimate of drug-likeness (QED) is 0.603. The summed E-state index contributed by atoms with van der Waals surface area (Å²) < 4.78 is 0. The zero-order valence-electron chi connectivity index (χ0n) is 11.6. The van der Waals surface area contributed by atoms with Crippen LogP contribution in [0.2, 0.25) is 0 Å². The van der Waals surface area contributed by atoms with Crippen LogP contribution in [0.4, 0.5) is 5.82 Å². The summed E-state index contributed by atoms with van der Waals surface area (Å²) in [5.74, 6) is 1.60. The van der Waals surface area contributed by atoms with Crippen molar-refractivity contribution in [1.29, 1.82) is 0 Å². The Morgan fingerprint density at radius 1 is 1.00 bits per heavy atom. The molecule has 4 aromatic rings. The maximum atomic E-state index is 4.70. The summed E-state index contributed by atoms with van der Waals surface area (Å²) in [4.78, 5) is 13.7. The van der Waals surface area contributed by atoms with Gasteiger partial charge in [0.05, 0.1) is 23.3 Å². The number of thiazole rings is 1. The lowest BCUT2D eigenvalue weighted by atomic mass is 10.2. The van der Waals surface area contributed by atoms with E-state index in [4.69, 9.17) is 4.98 Å². The van der Waals surface area contributed by atoms with Gasteiger partial charge in [-0.25, -0.2) is 15.0 Å². The van der Waals surface area contributed by atoms with Crippen LogP contribution in [0.15, 0.2) is 52.0 Å². The molecule has 1 N–H and O–H groups in total. The topological polar surface area (TPSA) is 50.7 Å². The van der Waals surface area contributed by atoms with Crippen LogP contribution in [0.1, 0.15) is 5.69 Å². The second kappa shape index (κ2) is 5.82. The van der Waals surface area contributed by atoms with E-state index in [1.54, 1.807) is 22.7 Å². The van der Waals surface area contributed by atoms with Crippen molar-refractivity contribution in [2.24, 2.45) is 0 Å². The van der Waals surface area contributed by atoms with Gasteiger partial charge in [0, 0.05) is 21.7 Å². The molecule has 0 saturated heterocycles. The highest BCUT2D eigenvalue weighted by atomic mass is 32.1. The maximum absolute atomic E-state index is 4.70. The first-order chi connectivity index (χ1) is 10.9. The van der Waals surface area contributed by atoms with Crippen molar-refractivity contribution in [2.75, 3.05) is 5.32 Å². The van der Waals surface area contributed by atoms with Crippen molar-refractivity contribution in [3.63, 3.8) is 0 Å². The van der Waals surface area contributed by atoms with Crippen LogP contribution in [0.5, 0.6) is 0 Å². The molecule has 4 rings (SSSR count). The van der Waals surface area contributed by atoms with Crippen molar-refractivity contribution >= 4 is 39.4 Å². The molecule has 6 heteroatoms. The number of anilines is 1. The van der Waals surface area contributed by atoms with E-state index in [9.17, 15) is 0 Å². The van der Waals surface area contributed by atoms with Crippen molar-refractivity contribution < 1.29 is 0 Å². The third-order valence-corrected chi connectivity index (χ3v) is 4.62. The van der Waals surface area contributed by atoms with Gasteiger partial charge in [-0.2, -0.15) is 11.3 Å². The van der Waals surface area contributed by atoms with Gasteiger partial charge >= 0.3 is 0 Å². The van der Waals surface area contributed by atoms with Crippen LogP contribution in [0.3, 0.4) is 0 Å². The molecule has 0 aliphatic carbocycles. The molecule has 108 valence electrons. The first-order valence-corrected chi connectivity index (χ1v) is 8.69. The summed E-state index contributed by atoms with van der Waals surface area (Å²) in [5.41, 5.74) is 4.85. The molecule has 0 fully saturated rings. The van der Waals surface area contributed by atoms with E-state index in [1.165, 1.54) is 0 Å². The van der Waals surface area contributed by atoms with Crippen molar-refractivity contribution in [3.8, 4) is 11.4 Å². The SMILES string of the molecule is c1ccc2c(NCc3cscn3)nc(-c3ccsc3)nc2c1. The highest BCUT2D eigenvalue weighted by Crippen LogP contribution is 2.26. The molecule has 3 heterocycles. The van der Waals surface area contributed by atoms with Crippen molar-refractivity contribution in [1.82, 2.24) is 15.0 Å². The zero-order valence-corrected chi connectivity index (χ0v) is 13.2. The van der Waals surface area contributed by atoms with Gasteiger partial charge in [-0.15, -0.1) is 11.3 Å². The first kappa shape index (κ1) is 13.4. The Hall–Kier alpha value is -2.31. The van der Waals surface area contributed by atoms with Gasteiger partial charge in [0.1, 0.15) is 5.82 Å². The van der Waals surface area contributed by atoms with Crippen LogP contribution >= 0.6 is 22.7 Å².